The van der Waals surface area contributed by atoms with Crippen LogP contribution in [0, 0.1) is 6.92 Å². The molecule has 0 bridgehead atoms. The van der Waals surface area contributed by atoms with Crippen molar-refractivity contribution in [2.75, 3.05) is 19.1 Å². The van der Waals surface area contributed by atoms with Gasteiger partial charge in [0.05, 0.1) is 7.11 Å². The van der Waals surface area contributed by atoms with Gasteiger partial charge in [-0.3, -0.25) is 0 Å². The van der Waals surface area contributed by atoms with Crippen LogP contribution in [0.5, 0.6) is 0 Å². The van der Waals surface area contributed by atoms with E-state index in [1.807, 2.05) is 18.0 Å². The topological polar surface area (TPSA) is 42.4 Å². The number of benzene rings is 1. The van der Waals surface area contributed by atoms with Crippen LogP contribution in [0.3, 0.4) is 0 Å². The second-order valence-electron chi connectivity index (χ2n) is 4.35. The Labute approximate surface area is 116 Å². The first-order chi connectivity index (χ1) is 9.10. The number of ether oxygens (including phenoxy) is 1. The minimum atomic E-state index is -0.397. The van der Waals surface area contributed by atoms with Gasteiger partial charge < -0.3 is 9.64 Å². The average Bonchev–Trinajstić information content (AvgIpc) is 2.87. The summed E-state index contributed by atoms with van der Waals surface area (Å²) in [6, 6.07) is 8.34. The van der Waals surface area contributed by atoms with E-state index < -0.39 is 5.97 Å². The highest BCUT2D eigenvalue weighted by atomic mass is 32.1. The van der Waals surface area contributed by atoms with Crippen molar-refractivity contribution in [3.63, 3.8) is 0 Å². The van der Waals surface area contributed by atoms with Gasteiger partial charge in [0.2, 0.25) is 0 Å². The number of hydrogen-bond acceptors (Lipinski definition) is 5. The maximum Gasteiger partial charge on any atom is 0.357 e. The molecule has 1 aromatic carbocycles. The van der Waals surface area contributed by atoms with Gasteiger partial charge in [-0.1, -0.05) is 29.8 Å². The van der Waals surface area contributed by atoms with Crippen LogP contribution in [-0.4, -0.2) is 25.1 Å². The first kappa shape index (κ1) is 13.5. The van der Waals surface area contributed by atoms with E-state index in [1.165, 1.54) is 29.6 Å². The molecule has 0 aliphatic heterocycles. The van der Waals surface area contributed by atoms with Crippen molar-refractivity contribution in [3.8, 4) is 0 Å². The van der Waals surface area contributed by atoms with Crippen molar-refractivity contribution in [2.45, 2.75) is 13.5 Å². The van der Waals surface area contributed by atoms with Gasteiger partial charge in [0.25, 0.3) is 0 Å². The van der Waals surface area contributed by atoms with E-state index in [4.69, 9.17) is 0 Å². The maximum atomic E-state index is 11.4. The van der Waals surface area contributed by atoms with Crippen molar-refractivity contribution in [1.29, 1.82) is 0 Å². The smallest absolute Gasteiger partial charge is 0.357 e. The number of aromatic nitrogens is 1. The van der Waals surface area contributed by atoms with Gasteiger partial charge in [-0.05, 0) is 12.5 Å². The first-order valence-electron chi connectivity index (χ1n) is 5.90. The standard InChI is InChI=1S/C14H16N2O2S/c1-10-5-4-6-11(7-10)8-16(2)14-15-12(9-19-14)13(17)18-3/h4-7,9H,8H2,1-3H3. The molecule has 1 heterocycles. The first-order valence-corrected chi connectivity index (χ1v) is 6.78. The molecule has 0 aliphatic rings. The zero-order valence-electron chi connectivity index (χ0n) is 11.2. The van der Waals surface area contributed by atoms with Crippen LogP contribution in [-0.2, 0) is 11.3 Å². The van der Waals surface area contributed by atoms with E-state index in [9.17, 15) is 4.79 Å². The second-order valence-corrected chi connectivity index (χ2v) is 5.19. The lowest BCUT2D eigenvalue weighted by atomic mass is 10.1. The SMILES string of the molecule is COC(=O)c1csc(N(C)Cc2cccc(C)c2)n1. The fourth-order valence-electron chi connectivity index (χ4n) is 1.79. The average molecular weight is 276 g/mol. The Kier molecular flexibility index (Phi) is 4.16. The monoisotopic (exact) mass is 276 g/mol. The Morgan fingerprint density at radius 2 is 2.26 bits per heavy atom. The quantitative estimate of drug-likeness (QED) is 0.805. The zero-order chi connectivity index (χ0) is 13.8. The molecule has 0 saturated carbocycles. The minimum absolute atomic E-state index is 0.360. The fourth-order valence-corrected chi connectivity index (χ4v) is 2.55. The molecule has 0 atom stereocenters. The van der Waals surface area contributed by atoms with Crippen LogP contribution in [0.4, 0.5) is 5.13 Å². The Bertz CT molecular complexity index is 580. The lowest BCUT2D eigenvalue weighted by Crippen LogP contribution is -2.16. The predicted octanol–water partition coefficient (Wildman–Crippen LogP) is 2.87. The minimum Gasteiger partial charge on any atom is -0.464 e. The summed E-state index contributed by atoms with van der Waals surface area (Å²) in [4.78, 5) is 17.6. The van der Waals surface area contributed by atoms with Crippen molar-refractivity contribution in [1.82, 2.24) is 4.98 Å². The van der Waals surface area contributed by atoms with Gasteiger partial charge >= 0.3 is 5.97 Å². The lowest BCUT2D eigenvalue weighted by molar-refractivity contribution is 0.0595. The summed E-state index contributed by atoms with van der Waals surface area (Å²) < 4.78 is 4.65. The molecule has 100 valence electrons. The molecule has 1 aromatic heterocycles. The number of thiazole rings is 1. The molecule has 5 heteroatoms. The maximum absolute atomic E-state index is 11.4. The zero-order valence-corrected chi connectivity index (χ0v) is 12.0. The van der Waals surface area contributed by atoms with Gasteiger partial charge in [0.1, 0.15) is 0 Å². The Balaban J connectivity index is 2.09. The fraction of sp³-hybridized carbons (Fsp3) is 0.286. The molecule has 2 aromatic rings. The summed E-state index contributed by atoms with van der Waals surface area (Å²) in [6.45, 7) is 2.83. The molecule has 0 N–H and O–H groups in total. The molecule has 4 nitrogen and oxygen atoms in total. The van der Waals surface area contributed by atoms with E-state index in [0.717, 1.165) is 11.7 Å². The number of nitrogens with zero attached hydrogens (tertiary/aromatic N) is 2. The van der Waals surface area contributed by atoms with Crippen molar-refractivity contribution in [3.05, 3.63) is 46.5 Å². The molecular weight excluding hydrogens is 260 g/mol. The van der Waals surface area contributed by atoms with Crippen molar-refractivity contribution >= 4 is 22.4 Å². The van der Waals surface area contributed by atoms with E-state index in [-0.39, 0.29) is 0 Å². The van der Waals surface area contributed by atoms with Gasteiger partial charge in [-0.2, -0.15) is 0 Å². The highest BCUT2D eigenvalue weighted by Crippen LogP contribution is 2.21. The van der Waals surface area contributed by atoms with Crippen molar-refractivity contribution < 1.29 is 9.53 Å². The second kappa shape index (κ2) is 5.84. The molecule has 0 aliphatic carbocycles. The predicted molar refractivity (Wildman–Crippen MR) is 76.7 cm³/mol. The van der Waals surface area contributed by atoms with E-state index in [0.29, 0.717) is 5.69 Å². The van der Waals surface area contributed by atoms with Crippen LogP contribution in [0.25, 0.3) is 0 Å². The Hall–Kier alpha value is -1.88. The van der Waals surface area contributed by atoms with Crippen LogP contribution >= 0.6 is 11.3 Å². The Morgan fingerprint density at radius 1 is 1.47 bits per heavy atom. The van der Waals surface area contributed by atoms with E-state index in [2.05, 4.69) is 34.8 Å². The number of aryl methyl sites for hydroxylation is 1. The summed E-state index contributed by atoms with van der Waals surface area (Å²) in [5.41, 5.74) is 2.82. The summed E-state index contributed by atoms with van der Waals surface area (Å²) in [7, 11) is 3.32. The molecule has 0 unspecified atom stereocenters. The number of esters is 1. The summed E-state index contributed by atoms with van der Waals surface area (Å²) in [6.07, 6.45) is 0. The highest BCUT2D eigenvalue weighted by molar-refractivity contribution is 7.13. The van der Waals surface area contributed by atoms with Gasteiger partial charge in [0.15, 0.2) is 10.8 Å². The third-order valence-electron chi connectivity index (χ3n) is 2.72. The molecule has 0 saturated heterocycles. The normalized spacial score (nSPS) is 10.3. The number of methoxy groups -OCH3 is 1. The summed E-state index contributed by atoms with van der Waals surface area (Å²) >= 11 is 1.44. The lowest BCUT2D eigenvalue weighted by Gasteiger charge is -2.15. The number of carbonyl (C=O) groups excluding carboxylic acids is 1. The third-order valence-corrected chi connectivity index (χ3v) is 3.67. The van der Waals surface area contributed by atoms with Crippen LogP contribution in [0.15, 0.2) is 29.6 Å². The molecule has 0 radical (unpaired) electrons. The molecular formula is C14H16N2O2S. The van der Waals surface area contributed by atoms with Gasteiger partial charge in [-0.15, -0.1) is 11.3 Å². The van der Waals surface area contributed by atoms with E-state index >= 15 is 0 Å². The number of hydrogen-bond donors (Lipinski definition) is 0. The molecule has 0 spiro atoms. The number of carbonyl (C=O) groups is 1. The van der Waals surface area contributed by atoms with E-state index in [1.54, 1.807) is 5.38 Å². The van der Waals surface area contributed by atoms with Crippen LogP contribution in [0.1, 0.15) is 21.6 Å². The highest BCUT2D eigenvalue weighted by Gasteiger charge is 2.13. The number of rotatable bonds is 4. The van der Waals surface area contributed by atoms with Gasteiger partial charge in [0, 0.05) is 19.0 Å². The van der Waals surface area contributed by atoms with Crippen LogP contribution < -0.4 is 4.90 Å². The van der Waals surface area contributed by atoms with Gasteiger partial charge in [-0.25, -0.2) is 9.78 Å². The Morgan fingerprint density at radius 3 is 2.95 bits per heavy atom. The summed E-state index contributed by atoms with van der Waals surface area (Å²) in [5.74, 6) is -0.397. The molecule has 19 heavy (non-hydrogen) atoms. The van der Waals surface area contributed by atoms with Crippen molar-refractivity contribution in [2.24, 2.45) is 0 Å². The van der Waals surface area contributed by atoms with Crippen LogP contribution in [0.2, 0.25) is 0 Å². The molecule has 0 amide bonds. The third kappa shape index (κ3) is 3.32. The molecule has 0 fully saturated rings. The number of anilines is 1. The molecule has 2 rings (SSSR count). The largest absolute Gasteiger partial charge is 0.464 e. The summed E-state index contributed by atoms with van der Waals surface area (Å²) in [5, 5.41) is 2.52.